The van der Waals surface area contributed by atoms with Crippen LogP contribution in [-0.4, -0.2) is 24.3 Å². The van der Waals surface area contributed by atoms with E-state index < -0.39 is 0 Å². The molecule has 0 spiro atoms. The zero-order valence-corrected chi connectivity index (χ0v) is 9.93. The van der Waals surface area contributed by atoms with Gasteiger partial charge in [0.2, 0.25) is 0 Å². The molecular weight excluding hydrogens is 195 g/mol. The van der Waals surface area contributed by atoms with Gasteiger partial charge in [-0.2, -0.15) is 0 Å². The van der Waals surface area contributed by atoms with E-state index in [2.05, 4.69) is 23.1 Å². The topological polar surface area (TPSA) is 24.7 Å². The standard InChI is InChI=1S/C13H17BN2/c1-5-9-12(15-6-2)13(16-7-3)10-8-11-14-4/h5-11H,2-3H2,1,4H3/b9-5-,10-8-,15-12?,16-13?. The van der Waals surface area contributed by atoms with Gasteiger partial charge in [-0.1, -0.05) is 0 Å². The van der Waals surface area contributed by atoms with E-state index >= 15 is 0 Å². The van der Waals surface area contributed by atoms with Crippen LogP contribution in [0.4, 0.5) is 0 Å². The summed E-state index contributed by atoms with van der Waals surface area (Å²) in [6.45, 7) is 13.0. The first-order chi connectivity index (χ1) is 7.79. The molecule has 0 N–H and O–H groups in total. The average molecular weight is 212 g/mol. The molecule has 16 heavy (non-hydrogen) atoms. The van der Waals surface area contributed by atoms with Crippen LogP contribution in [0.3, 0.4) is 0 Å². The van der Waals surface area contributed by atoms with E-state index in [1.165, 1.54) is 12.4 Å². The normalized spacial score (nSPS) is 13.6. The summed E-state index contributed by atoms with van der Waals surface area (Å²) in [7, 11) is 0. The van der Waals surface area contributed by atoms with Crippen molar-refractivity contribution in [1.82, 2.24) is 0 Å². The van der Waals surface area contributed by atoms with Crippen molar-refractivity contribution >= 4 is 24.3 Å². The van der Waals surface area contributed by atoms with Gasteiger partial charge in [-0.05, 0) is 0 Å². The summed E-state index contributed by atoms with van der Waals surface area (Å²) in [5.74, 6) is 1.93. The molecule has 0 amide bonds. The van der Waals surface area contributed by atoms with E-state index in [9.17, 15) is 0 Å². The monoisotopic (exact) mass is 212 g/mol. The first-order valence-electron chi connectivity index (χ1n) is 5.10. The molecule has 2 nitrogen and oxygen atoms in total. The fourth-order valence-electron chi connectivity index (χ4n) is 1.00. The molecule has 3 heteroatoms. The molecule has 0 heterocycles. The summed E-state index contributed by atoms with van der Waals surface area (Å²) >= 11 is 0. The quantitative estimate of drug-likeness (QED) is 0.477. The first-order valence-corrected chi connectivity index (χ1v) is 5.10. The van der Waals surface area contributed by atoms with Crippen LogP contribution in [0.25, 0.3) is 0 Å². The molecule has 0 fully saturated rings. The van der Waals surface area contributed by atoms with Gasteiger partial charge in [-0.15, -0.1) is 0 Å². The van der Waals surface area contributed by atoms with Crippen LogP contribution in [0, 0.1) is 0 Å². The van der Waals surface area contributed by atoms with Crippen LogP contribution in [0.5, 0.6) is 0 Å². The minimum absolute atomic E-state index is 0.756. The summed E-state index contributed by atoms with van der Waals surface area (Å²) in [6.07, 6.45) is 10.6. The molecule has 0 radical (unpaired) electrons. The second kappa shape index (κ2) is 9.78. The molecule has 0 rings (SSSR count). The van der Waals surface area contributed by atoms with Gasteiger partial charge in [-0.3, -0.25) is 0 Å². The third kappa shape index (κ3) is 5.86. The Hall–Kier alpha value is -1.77. The molecule has 0 aromatic rings. The summed E-state index contributed by atoms with van der Waals surface area (Å²) in [4.78, 5) is 8.31. The van der Waals surface area contributed by atoms with Gasteiger partial charge in [0, 0.05) is 0 Å². The molecule has 0 atom stereocenters. The van der Waals surface area contributed by atoms with Crippen LogP contribution in [0.1, 0.15) is 6.92 Å². The van der Waals surface area contributed by atoms with Crippen LogP contribution in [0.2, 0.25) is 6.82 Å². The van der Waals surface area contributed by atoms with E-state index in [0.717, 1.165) is 11.4 Å². The maximum absolute atomic E-state index is 4.16. The molecule has 0 aliphatic heterocycles. The van der Waals surface area contributed by atoms with E-state index in [4.69, 9.17) is 0 Å². The van der Waals surface area contributed by atoms with Gasteiger partial charge in [0.15, 0.2) is 0 Å². The molecule has 0 aliphatic carbocycles. The fraction of sp³-hybridized carbons (Fsp3) is 0.154. The molecular formula is C13H17BN2. The minimum atomic E-state index is 0.756. The number of nitrogens with zero attached hydrogens (tertiary/aromatic N) is 2. The number of hydrogen-bond donors (Lipinski definition) is 0. The van der Waals surface area contributed by atoms with Gasteiger partial charge in [0.1, 0.15) is 0 Å². The zero-order chi connectivity index (χ0) is 12.2. The number of aliphatic imine (C=N–C) groups is 2. The Morgan fingerprint density at radius 3 is 2.06 bits per heavy atom. The summed E-state index contributed by atoms with van der Waals surface area (Å²) in [6, 6.07) is 0. The Labute approximate surface area is 98.4 Å². The Balaban J connectivity index is 5.16. The molecule has 0 saturated heterocycles. The summed E-state index contributed by atoms with van der Waals surface area (Å²) in [5, 5.41) is 0. The summed E-state index contributed by atoms with van der Waals surface area (Å²) in [5.41, 5.74) is 1.52. The van der Waals surface area contributed by atoms with Gasteiger partial charge >= 0.3 is 97.9 Å². The van der Waals surface area contributed by atoms with Crippen molar-refractivity contribution in [2.45, 2.75) is 13.7 Å². The predicted molar refractivity (Wildman–Crippen MR) is 76.9 cm³/mol. The number of allylic oxidation sites excluding steroid dienone is 4. The van der Waals surface area contributed by atoms with Crippen LogP contribution in [-0.2, 0) is 0 Å². The van der Waals surface area contributed by atoms with Crippen molar-refractivity contribution in [2.24, 2.45) is 9.98 Å². The second-order valence-corrected chi connectivity index (χ2v) is 2.78. The van der Waals surface area contributed by atoms with Crippen molar-refractivity contribution < 1.29 is 0 Å². The molecule has 0 aromatic heterocycles. The molecule has 82 valence electrons. The molecule has 0 unspecified atom stereocenters. The summed E-state index contributed by atoms with van der Waals surface area (Å²) < 4.78 is 0. The first kappa shape index (κ1) is 14.2. The van der Waals surface area contributed by atoms with Gasteiger partial charge in [-0.25, -0.2) is 0 Å². The Bertz CT molecular complexity index is 371. The van der Waals surface area contributed by atoms with Gasteiger partial charge in [0.25, 0.3) is 0 Å². The Kier molecular flexibility index (Phi) is 8.70. The molecule has 0 saturated carbocycles. The fourth-order valence-corrected chi connectivity index (χ4v) is 1.00. The van der Waals surface area contributed by atoms with E-state index in [1.54, 1.807) is 0 Å². The van der Waals surface area contributed by atoms with E-state index in [0.29, 0.717) is 0 Å². The van der Waals surface area contributed by atoms with Gasteiger partial charge in [0.05, 0.1) is 0 Å². The maximum atomic E-state index is 4.16. The Morgan fingerprint density at radius 2 is 1.62 bits per heavy atom. The van der Waals surface area contributed by atoms with Crippen molar-refractivity contribution in [3.63, 3.8) is 0 Å². The van der Waals surface area contributed by atoms with Gasteiger partial charge < -0.3 is 0 Å². The van der Waals surface area contributed by atoms with Crippen molar-refractivity contribution in [1.29, 1.82) is 0 Å². The number of hydrogen-bond acceptors (Lipinski definition) is 2. The van der Waals surface area contributed by atoms with Crippen molar-refractivity contribution in [2.75, 3.05) is 0 Å². The Morgan fingerprint density at radius 1 is 1.06 bits per heavy atom. The zero-order valence-electron chi connectivity index (χ0n) is 9.93. The van der Waals surface area contributed by atoms with E-state index in [1.807, 2.05) is 50.9 Å². The molecule has 0 aromatic carbocycles. The van der Waals surface area contributed by atoms with Crippen LogP contribution in [0.15, 0.2) is 59.8 Å². The molecule has 0 bridgehead atoms. The second-order valence-electron chi connectivity index (χ2n) is 2.78. The van der Waals surface area contributed by atoms with E-state index in [-0.39, 0.29) is 0 Å². The average Bonchev–Trinajstić information content (AvgIpc) is 2.28. The van der Waals surface area contributed by atoms with Crippen molar-refractivity contribution in [3.05, 3.63) is 49.9 Å². The predicted octanol–water partition coefficient (Wildman–Crippen LogP) is 2.84. The number of rotatable bonds is 6. The third-order valence-corrected chi connectivity index (χ3v) is 1.61. The van der Waals surface area contributed by atoms with Crippen molar-refractivity contribution in [3.8, 4) is 0 Å². The van der Waals surface area contributed by atoms with Crippen LogP contribution >= 0.6 is 0 Å². The SMILES string of the molecule is C=CN=C(/C=C\C)C(/C=C\C=BC)=NC=C. The van der Waals surface area contributed by atoms with Crippen LogP contribution < -0.4 is 0 Å². The third-order valence-electron chi connectivity index (χ3n) is 1.61. The molecule has 0 aliphatic rings.